The van der Waals surface area contributed by atoms with E-state index in [1.807, 2.05) is 18.2 Å². The Kier molecular flexibility index (Phi) is 4.38. The molecule has 4 atom stereocenters. The number of benzene rings is 1. The minimum Gasteiger partial charge on any atom is -0.497 e. The molecule has 2 bridgehead atoms. The molecular formula is C21H21N3O4S. The van der Waals surface area contributed by atoms with Crippen molar-refractivity contribution in [2.45, 2.75) is 19.3 Å². The summed E-state index contributed by atoms with van der Waals surface area (Å²) in [6.07, 6.45) is 6.20. The molecule has 1 aliphatic heterocycles. The van der Waals surface area contributed by atoms with Gasteiger partial charge in [-0.25, -0.2) is 4.98 Å². The van der Waals surface area contributed by atoms with Gasteiger partial charge in [0.05, 0.1) is 29.2 Å². The molecule has 1 saturated heterocycles. The van der Waals surface area contributed by atoms with Gasteiger partial charge >= 0.3 is 0 Å². The number of anilines is 1. The lowest BCUT2D eigenvalue weighted by Crippen LogP contribution is -2.38. The number of allylic oxidation sites excluding steroid dienone is 2. The van der Waals surface area contributed by atoms with E-state index in [0.717, 1.165) is 28.8 Å². The standard InChI is InChI=1S/C21H21N3O4S/c1-28-13-6-7-14-15(10-13)29-21(22-14)23-16(25)8-9-24-19(26)17-11-2-3-12(5-4-11)18(17)20(24)27/h2-3,6-7,10-12,17-18H,4-5,8-9H2,1H3,(H,22,23,25)/t11-,12-,17-,18-/m0/s1. The van der Waals surface area contributed by atoms with Crippen molar-refractivity contribution in [1.82, 2.24) is 9.88 Å². The van der Waals surface area contributed by atoms with E-state index < -0.39 is 0 Å². The molecule has 0 spiro atoms. The Labute approximate surface area is 171 Å². The Bertz CT molecular complexity index is 1010. The average Bonchev–Trinajstić information content (AvgIpc) is 3.26. The van der Waals surface area contributed by atoms with Gasteiger partial charge in [-0.3, -0.25) is 19.3 Å². The van der Waals surface area contributed by atoms with Gasteiger partial charge in [-0.2, -0.15) is 0 Å². The van der Waals surface area contributed by atoms with Gasteiger partial charge in [0, 0.05) is 13.0 Å². The predicted octanol–water partition coefficient (Wildman–Crippen LogP) is 2.83. The number of rotatable bonds is 5. The number of aromatic nitrogens is 1. The van der Waals surface area contributed by atoms with Crippen LogP contribution in [0.4, 0.5) is 5.13 Å². The van der Waals surface area contributed by atoms with Crippen LogP contribution in [-0.4, -0.2) is 41.3 Å². The summed E-state index contributed by atoms with van der Waals surface area (Å²) in [5.74, 6) is 0.127. The monoisotopic (exact) mass is 411 g/mol. The molecule has 0 radical (unpaired) electrons. The van der Waals surface area contributed by atoms with Crippen LogP contribution >= 0.6 is 11.3 Å². The zero-order valence-electron chi connectivity index (χ0n) is 16.0. The average molecular weight is 411 g/mol. The topological polar surface area (TPSA) is 88.6 Å². The summed E-state index contributed by atoms with van der Waals surface area (Å²) in [5.41, 5.74) is 0.781. The second-order valence-corrected chi connectivity index (χ2v) is 8.85. The van der Waals surface area contributed by atoms with Crippen LogP contribution in [0.5, 0.6) is 5.75 Å². The Morgan fingerprint density at radius 3 is 2.52 bits per heavy atom. The molecule has 8 heteroatoms. The van der Waals surface area contributed by atoms with Crippen LogP contribution in [0.1, 0.15) is 19.3 Å². The Morgan fingerprint density at radius 1 is 1.21 bits per heavy atom. The largest absolute Gasteiger partial charge is 0.497 e. The van der Waals surface area contributed by atoms with Crippen LogP contribution < -0.4 is 10.1 Å². The molecule has 2 aromatic rings. The van der Waals surface area contributed by atoms with E-state index in [0.29, 0.717) is 5.13 Å². The number of thiazole rings is 1. The Morgan fingerprint density at radius 2 is 1.90 bits per heavy atom. The first kappa shape index (κ1) is 18.3. The van der Waals surface area contributed by atoms with E-state index in [1.165, 1.54) is 16.2 Å². The van der Waals surface area contributed by atoms with E-state index >= 15 is 0 Å². The third kappa shape index (κ3) is 3.02. The van der Waals surface area contributed by atoms with Crippen molar-refractivity contribution in [3.8, 4) is 5.75 Å². The van der Waals surface area contributed by atoms with E-state index in [9.17, 15) is 14.4 Å². The molecule has 1 aromatic carbocycles. The van der Waals surface area contributed by atoms with E-state index in [-0.39, 0.29) is 54.4 Å². The van der Waals surface area contributed by atoms with Crippen molar-refractivity contribution in [1.29, 1.82) is 0 Å². The van der Waals surface area contributed by atoms with Crippen molar-refractivity contribution < 1.29 is 19.1 Å². The summed E-state index contributed by atoms with van der Waals surface area (Å²) in [4.78, 5) is 43.7. The van der Waals surface area contributed by atoms with E-state index in [2.05, 4.69) is 22.5 Å². The molecule has 6 rings (SSSR count). The zero-order chi connectivity index (χ0) is 20.1. The highest BCUT2D eigenvalue weighted by Gasteiger charge is 2.56. The summed E-state index contributed by atoms with van der Waals surface area (Å²) in [6.45, 7) is 0.120. The maximum absolute atomic E-state index is 12.8. The Hall–Kier alpha value is -2.74. The summed E-state index contributed by atoms with van der Waals surface area (Å²) in [5, 5.41) is 3.27. The molecule has 3 amide bonds. The van der Waals surface area contributed by atoms with Crippen LogP contribution in [0, 0.1) is 23.7 Å². The molecule has 2 fully saturated rings. The molecule has 7 nitrogen and oxygen atoms in total. The van der Waals surface area contributed by atoms with Crippen LogP contribution in [0.3, 0.4) is 0 Å². The van der Waals surface area contributed by atoms with Gasteiger partial charge < -0.3 is 10.1 Å². The van der Waals surface area contributed by atoms with Gasteiger partial charge in [-0.15, -0.1) is 0 Å². The highest BCUT2D eigenvalue weighted by Crippen LogP contribution is 2.49. The summed E-state index contributed by atoms with van der Waals surface area (Å²) in [6, 6.07) is 5.53. The lowest BCUT2D eigenvalue weighted by molar-refractivity contribution is -0.140. The second-order valence-electron chi connectivity index (χ2n) is 7.82. The number of imide groups is 1. The number of likely N-dealkylation sites (tertiary alicyclic amines) is 1. The maximum atomic E-state index is 12.8. The summed E-state index contributed by atoms with van der Waals surface area (Å²) < 4.78 is 6.12. The highest BCUT2D eigenvalue weighted by atomic mass is 32.1. The molecule has 0 unspecified atom stereocenters. The third-order valence-electron chi connectivity index (χ3n) is 6.26. The number of carbonyl (C=O) groups excluding carboxylic acids is 3. The number of hydrogen-bond acceptors (Lipinski definition) is 6. The molecule has 29 heavy (non-hydrogen) atoms. The number of methoxy groups -OCH3 is 1. The first-order chi connectivity index (χ1) is 14.0. The second kappa shape index (κ2) is 6.95. The van der Waals surface area contributed by atoms with Crippen LogP contribution in [-0.2, 0) is 14.4 Å². The number of amides is 3. The van der Waals surface area contributed by atoms with E-state index in [1.54, 1.807) is 7.11 Å². The van der Waals surface area contributed by atoms with Gasteiger partial charge in [0.25, 0.3) is 0 Å². The SMILES string of the molecule is COc1ccc2nc(NC(=O)CCN3C(=O)[C@@H]4[C@@H](C3=O)[C@H]3C=C[C@H]4CC3)sc2c1. The van der Waals surface area contributed by atoms with Crippen molar-refractivity contribution in [2.24, 2.45) is 23.7 Å². The Balaban J connectivity index is 1.23. The van der Waals surface area contributed by atoms with Gasteiger partial charge in [-0.05, 0) is 42.9 Å². The minimum atomic E-state index is -0.257. The normalized spacial score (nSPS) is 27.6. The summed E-state index contributed by atoms with van der Waals surface area (Å²) >= 11 is 1.36. The fourth-order valence-electron chi connectivity index (χ4n) is 4.84. The molecule has 150 valence electrons. The van der Waals surface area contributed by atoms with Crippen LogP contribution in [0.2, 0.25) is 0 Å². The fraction of sp³-hybridized carbons (Fsp3) is 0.429. The van der Waals surface area contributed by atoms with Crippen molar-refractivity contribution in [2.75, 3.05) is 19.0 Å². The van der Waals surface area contributed by atoms with Crippen molar-refractivity contribution in [3.05, 3.63) is 30.4 Å². The lowest BCUT2D eigenvalue weighted by atomic mass is 9.63. The smallest absolute Gasteiger partial charge is 0.233 e. The van der Waals surface area contributed by atoms with Gasteiger partial charge in [0.1, 0.15) is 5.75 Å². The quantitative estimate of drug-likeness (QED) is 0.604. The molecule has 2 heterocycles. The number of nitrogens with zero attached hydrogens (tertiary/aromatic N) is 2. The molecule has 3 aliphatic carbocycles. The number of ether oxygens (including phenoxy) is 1. The summed E-state index contributed by atoms with van der Waals surface area (Å²) in [7, 11) is 1.60. The molecule has 1 aromatic heterocycles. The predicted molar refractivity (Wildman–Crippen MR) is 108 cm³/mol. The zero-order valence-corrected chi connectivity index (χ0v) is 16.8. The molecule has 1 N–H and O–H groups in total. The lowest BCUT2D eigenvalue weighted by Gasteiger charge is -2.38. The third-order valence-corrected chi connectivity index (χ3v) is 7.19. The molecule has 4 aliphatic rings. The minimum absolute atomic E-state index is 0.0684. The maximum Gasteiger partial charge on any atom is 0.233 e. The van der Waals surface area contributed by atoms with Gasteiger partial charge in [0.2, 0.25) is 17.7 Å². The van der Waals surface area contributed by atoms with Gasteiger partial charge in [0.15, 0.2) is 5.13 Å². The highest BCUT2D eigenvalue weighted by molar-refractivity contribution is 7.22. The van der Waals surface area contributed by atoms with Crippen molar-refractivity contribution >= 4 is 44.4 Å². The molecule has 1 saturated carbocycles. The molecular weight excluding hydrogens is 390 g/mol. The van der Waals surface area contributed by atoms with Crippen LogP contribution in [0.25, 0.3) is 10.2 Å². The van der Waals surface area contributed by atoms with Crippen molar-refractivity contribution in [3.63, 3.8) is 0 Å². The van der Waals surface area contributed by atoms with Gasteiger partial charge in [-0.1, -0.05) is 23.5 Å². The first-order valence-electron chi connectivity index (χ1n) is 9.83. The van der Waals surface area contributed by atoms with E-state index in [4.69, 9.17) is 4.74 Å². The fourth-order valence-corrected chi connectivity index (χ4v) is 5.75. The number of hydrogen-bond donors (Lipinski definition) is 1. The number of carbonyl (C=O) groups is 3. The number of nitrogens with one attached hydrogen (secondary N) is 1. The number of fused-ring (bicyclic) bond motifs is 2. The first-order valence-corrected chi connectivity index (χ1v) is 10.6. The van der Waals surface area contributed by atoms with Crippen LogP contribution in [0.15, 0.2) is 30.4 Å².